The van der Waals surface area contributed by atoms with E-state index in [2.05, 4.69) is 4.99 Å². The number of ketones is 1. The fraction of sp³-hybridized carbons (Fsp3) is 0.615. The first-order valence-corrected chi connectivity index (χ1v) is 11.5. The van der Waals surface area contributed by atoms with E-state index in [-0.39, 0.29) is 24.8 Å². The molecule has 2 heterocycles. The smallest absolute Gasteiger partial charge is 0.322 e. The third-order valence-corrected chi connectivity index (χ3v) is 6.89. The molecular weight excluding hydrogens is 422 g/mol. The highest BCUT2D eigenvalue weighted by atomic mass is 16.6. The van der Waals surface area contributed by atoms with Crippen molar-refractivity contribution in [2.75, 3.05) is 20.8 Å². The van der Waals surface area contributed by atoms with Gasteiger partial charge >= 0.3 is 11.9 Å². The number of esters is 2. The van der Waals surface area contributed by atoms with Crippen LogP contribution in [0.1, 0.15) is 64.5 Å². The number of ether oxygens (including phenoxy) is 3. The summed E-state index contributed by atoms with van der Waals surface area (Å²) in [6, 6.07) is 7.84. The molecule has 33 heavy (non-hydrogen) atoms. The lowest BCUT2D eigenvalue weighted by atomic mass is 9.60. The van der Waals surface area contributed by atoms with Gasteiger partial charge in [-0.15, -0.1) is 0 Å². The van der Waals surface area contributed by atoms with Crippen molar-refractivity contribution in [1.29, 1.82) is 0 Å². The SMILES string of the molecule is CN=C(C)C(C(=O)OC(C)(C)C)C(=O)C12CCC(c3ccc(CC(=O)OC)cc3)(CC1)OC2. The highest BCUT2D eigenvalue weighted by Crippen LogP contribution is 2.54. The van der Waals surface area contributed by atoms with Gasteiger partial charge in [0.2, 0.25) is 0 Å². The van der Waals surface area contributed by atoms with Gasteiger partial charge in [-0.05, 0) is 64.5 Å². The summed E-state index contributed by atoms with van der Waals surface area (Å²) in [5, 5.41) is 0. The Morgan fingerprint density at radius 2 is 1.70 bits per heavy atom. The molecule has 1 aliphatic carbocycles. The number of carbonyl (C=O) groups excluding carboxylic acids is 3. The lowest BCUT2D eigenvalue weighted by Gasteiger charge is -2.53. The van der Waals surface area contributed by atoms with Crippen LogP contribution in [0.5, 0.6) is 0 Å². The van der Waals surface area contributed by atoms with Gasteiger partial charge in [-0.1, -0.05) is 24.3 Å². The van der Waals surface area contributed by atoms with Gasteiger partial charge in [0.15, 0.2) is 11.7 Å². The molecule has 2 bridgehead atoms. The van der Waals surface area contributed by atoms with Crippen molar-refractivity contribution in [2.24, 2.45) is 16.3 Å². The van der Waals surface area contributed by atoms with E-state index >= 15 is 0 Å². The predicted octanol–water partition coefficient (Wildman–Crippen LogP) is 3.81. The molecule has 180 valence electrons. The Bertz CT molecular complexity index is 916. The molecule has 1 unspecified atom stereocenters. The minimum absolute atomic E-state index is 0.151. The Morgan fingerprint density at radius 1 is 1.09 bits per heavy atom. The molecule has 0 N–H and O–H groups in total. The first kappa shape index (κ1) is 25.1. The molecule has 0 amide bonds. The number of nitrogens with zero attached hydrogens (tertiary/aromatic N) is 1. The molecule has 2 saturated heterocycles. The zero-order valence-electron chi connectivity index (χ0n) is 20.5. The van der Waals surface area contributed by atoms with E-state index < -0.39 is 28.5 Å². The van der Waals surface area contributed by atoms with Crippen LogP contribution in [0.15, 0.2) is 29.3 Å². The van der Waals surface area contributed by atoms with Crippen LogP contribution in [-0.4, -0.2) is 49.8 Å². The van der Waals surface area contributed by atoms with Gasteiger partial charge < -0.3 is 14.2 Å². The zero-order valence-corrected chi connectivity index (χ0v) is 20.5. The van der Waals surface area contributed by atoms with Crippen LogP contribution in [0.4, 0.5) is 0 Å². The average molecular weight is 458 g/mol. The van der Waals surface area contributed by atoms with E-state index in [4.69, 9.17) is 14.2 Å². The number of Topliss-reactive ketones (excluding diaryl/α,β-unsaturated/α-hetero) is 1. The summed E-state index contributed by atoms with van der Waals surface area (Å²) in [7, 11) is 2.97. The molecule has 0 radical (unpaired) electrons. The van der Waals surface area contributed by atoms with Gasteiger partial charge in [0, 0.05) is 12.8 Å². The van der Waals surface area contributed by atoms with Crippen LogP contribution in [0.3, 0.4) is 0 Å². The molecule has 3 aliphatic rings. The number of fused-ring (bicyclic) bond motifs is 3. The molecular formula is C26H35NO6. The van der Waals surface area contributed by atoms with E-state index in [1.54, 1.807) is 34.7 Å². The monoisotopic (exact) mass is 457 g/mol. The topological polar surface area (TPSA) is 91.3 Å². The van der Waals surface area contributed by atoms with Crippen molar-refractivity contribution >= 4 is 23.4 Å². The number of hydrogen-bond acceptors (Lipinski definition) is 7. The number of rotatable bonds is 7. The summed E-state index contributed by atoms with van der Waals surface area (Å²) in [6.45, 7) is 7.34. The predicted molar refractivity (Wildman–Crippen MR) is 124 cm³/mol. The molecule has 1 aromatic rings. The second-order valence-corrected chi connectivity index (χ2v) is 10.2. The minimum atomic E-state index is -1.01. The molecule has 2 aliphatic heterocycles. The molecule has 7 heteroatoms. The first-order chi connectivity index (χ1) is 15.5. The molecule has 1 atom stereocenters. The maximum atomic E-state index is 13.7. The Morgan fingerprint density at radius 3 is 2.15 bits per heavy atom. The van der Waals surface area contributed by atoms with Gasteiger partial charge in [0.05, 0.1) is 31.2 Å². The summed E-state index contributed by atoms with van der Waals surface area (Å²) in [4.78, 5) is 42.3. The summed E-state index contributed by atoms with van der Waals surface area (Å²) < 4.78 is 16.6. The number of hydrogen-bond donors (Lipinski definition) is 0. The molecule has 7 nitrogen and oxygen atoms in total. The molecule has 1 saturated carbocycles. The van der Waals surface area contributed by atoms with E-state index in [9.17, 15) is 14.4 Å². The minimum Gasteiger partial charge on any atom is -0.469 e. The van der Waals surface area contributed by atoms with Crippen molar-refractivity contribution in [3.05, 3.63) is 35.4 Å². The number of aliphatic imine (C=N–C) groups is 1. The second kappa shape index (κ2) is 9.37. The average Bonchev–Trinajstić information content (AvgIpc) is 2.79. The molecule has 1 aromatic carbocycles. The highest BCUT2D eigenvalue weighted by molar-refractivity contribution is 6.20. The lowest BCUT2D eigenvalue weighted by Crippen LogP contribution is -2.56. The van der Waals surface area contributed by atoms with Gasteiger partial charge in [0.25, 0.3) is 0 Å². The fourth-order valence-electron chi connectivity index (χ4n) is 4.82. The Kier molecular flexibility index (Phi) is 7.13. The van der Waals surface area contributed by atoms with Crippen molar-refractivity contribution < 1.29 is 28.6 Å². The first-order valence-electron chi connectivity index (χ1n) is 11.5. The summed E-state index contributed by atoms with van der Waals surface area (Å²) in [6.07, 6.45) is 2.90. The normalized spacial score (nSPS) is 25.9. The van der Waals surface area contributed by atoms with Crippen LogP contribution < -0.4 is 0 Å². The van der Waals surface area contributed by atoms with Crippen LogP contribution >= 0.6 is 0 Å². The summed E-state index contributed by atoms with van der Waals surface area (Å²) in [5.74, 6) is -1.99. The fourth-order valence-corrected chi connectivity index (χ4v) is 4.82. The van der Waals surface area contributed by atoms with Crippen molar-refractivity contribution in [3.63, 3.8) is 0 Å². The van der Waals surface area contributed by atoms with E-state index in [0.717, 1.165) is 11.1 Å². The Labute approximate surface area is 195 Å². The molecule has 3 fully saturated rings. The van der Waals surface area contributed by atoms with E-state index in [1.165, 1.54) is 7.11 Å². The number of carbonyl (C=O) groups is 3. The third-order valence-electron chi connectivity index (χ3n) is 6.89. The summed E-state index contributed by atoms with van der Waals surface area (Å²) in [5.41, 5.74) is 0.555. The zero-order chi connectivity index (χ0) is 24.4. The Hall–Kier alpha value is -2.54. The summed E-state index contributed by atoms with van der Waals surface area (Å²) >= 11 is 0. The van der Waals surface area contributed by atoms with Crippen LogP contribution in [0.2, 0.25) is 0 Å². The largest absolute Gasteiger partial charge is 0.469 e. The number of methoxy groups -OCH3 is 1. The molecule has 0 spiro atoms. The van der Waals surface area contributed by atoms with E-state index in [0.29, 0.717) is 31.4 Å². The second-order valence-electron chi connectivity index (χ2n) is 10.2. The van der Waals surface area contributed by atoms with Gasteiger partial charge in [-0.2, -0.15) is 0 Å². The maximum absolute atomic E-state index is 13.7. The van der Waals surface area contributed by atoms with Crippen LogP contribution in [0.25, 0.3) is 0 Å². The van der Waals surface area contributed by atoms with Gasteiger partial charge in [-0.3, -0.25) is 19.4 Å². The lowest BCUT2D eigenvalue weighted by molar-refractivity contribution is -0.196. The quantitative estimate of drug-likeness (QED) is 0.351. The van der Waals surface area contributed by atoms with Crippen molar-refractivity contribution in [3.8, 4) is 0 Å². The van der Waals surface area contributed by atoms with Gasteiger partial charge in [0.1, 0.15) is 5.60 Å². The third kappa shape index (κ3) is 5.18. The van der Waals surface area contributed by atoms with Crippen LogP contribution in [-0.2, 0) is 40.6 Å². The number of benzene rings is 1. The van der Waals surface area contributed by atoms with Crippen LogP contribution in [0, 0.1) is 11.3 Å². The van der Waals surface area contributed by atoms with Gasteiger partial charge in [-0.25, -0.2) is 0 Å². The molecule has 4 rings (SSSR count). The molecule has 0 aromatic heterocycles. The van der Waals surface area contributed by atoms with E-state index in [1.807, 2.05) is 24.3 Å². The Balaban J connectivity index is 1.77. The van der Waals surface area contributed by atoms with Crippen molar-refractivity contribution in [1.82, 2.24) is 0 Å². The van der Waals surface area contributed by atoms with Crippen molar-refractivity contribution in [2.45, 2.75) is 71.0 Å². The highest BCUT2D eigenvalue weighted by Gasteiger charge is 2.56. The standard InChI is InChI=1S/C26H35NO6/c1-17(27-5)21(23(30)33-24(2,3)4)22(29)25-11-13-26(14-12-25,32-16-25)19-9-7-18(8-10-19)15-20(28)31-6/h7-10,21H,11-16H2,1-6H3. The maximum Gasteiger partial charge on any atom is 0.322 e.